The van der Waals surface area contributed by atoms with Crippen LogP contribution in [0.5, 0.6) is 5.75 Å². The highest BCUT2D eigenvalue weighted by Crippen LogP contribution is 2.32. The van der Waals surface area contributed by atoms with Gasteiger partial charge in [-0.3, -0.25) is 4.90 Å². The Hall–Kier alpha value is -3.39. The molecule has 1 aromatic heterocycles. The maximum atomic E-state index is 6.24. The molecule has 0 saturated carbocycles. The number of hydrogen-bond acceptors (Lipinski definition) is 8. The molecule has 0 saturated heterocycles. The molecule has 2 aromatic carbocycles. The van der Waals surface area contributed by atoms with Crippen LogP contribution >= 0.6 is 0 Å². The summed E-state index contributed by atoms with van der Waals surface area (Å²) < 4.78 is 6.24. The van der Waals surface area contributed by atoms with Gasteiger partial charge in [-0.1, -0.05) is 30.3 Å². The Morgan fingerprint density at radius 3 is 2.71 bits per heavy atom. The number of nitrogens with zero attached hydrogens (tertiary/aromatic N) is 5. The van der Waals surface area contributed by atoms with Crippen molar-refractivity contribution in [1.29, 1.82) is 0 Å². The molecule has 0 bridgehead atoms. The van der Waals surface area contributed by atoms with Gasteiger partial charge in [0.05, 0.1) is 18.8 Å². The number of para-hydroxylation sites is 3. The molecule has 1 aliphatic rings. The summed E-state index contributed by atoms with van der Waals surface area (Å²) in [6.07, 6.45) is 0.0589. The van der Waals surface area contributed by atoms with E-state index in [4.69, 9.17) is 10.5 Å². The van der Waals surface area contributed by atoms with Crippen molar-refractivity contribution in [2.75, 3.05) is 42.6 Å². The van der Waals surface area contributed by atoms with Crippen molar-refractivity contribution in [2.24, 2.45) is 0 Å². The molecular weight excluding hydrogens is 390 g/mol. The summed E-state index contributed by atoms with van der Waals surface area (Å²) in [6, 6.07) is 16.2. The molecule has 8 nitrogen and oxygen atoms in total. The molecule has 0 amide bonds. The quantitative estimate of drug-likeness (QED) is 0.603. The number of nitrogen functional groups attached to an aromatic ring is 1. The van der Waals surface area contributed by atoms with Crippen molar-refractivity contribution in [1.82, 2.24) is 19.9 Å². The van der Waals surface area contributed by atoms with Crippen LogP contribution in [0.1, 0.15) is 18.3 Å². The molecule has 0 fully saturated rings. The van der Waals surface area contributed by atoms with Crippen LogP contribution in [0.15, 0.2) is 48.5 Å². The first-order chi connectivity index (χ1) is 15.0. The zero-order valence-electron chi connectivity index (χ0n) is 18.2. The van der Waals surface area contributed by atoms with Gasteiger partial charge in [0.25, 0.3) is 0 Å². The molecule has 2 heterocycles. The average Bonchev–Trinajstić information content (AvgIpc) is 2.74. The molecule has 0 aliphatic carbocycles. The second-order valence-electron chi connectivity index (χ2n) is 7.82. The van der Waals surface area contributed by atoms with Crippen LogP contribution in [-0.2, 0) is 6.54 Å². The Labute approximate surface area is 183 Å². The number of nitrogens with one attached hydrogen (secondary N) is 1. The normalized spacial score (nSPS) is 15.5. The summed E-state index contributed by atoms with van der Waals surface area (Å²) in [4.78, 5) is 17.6. The minimum absolute atomic E-state index is 0.0589. The van der Waals surface area contributed by atoms with Crippen molar-refractivity contribution in [3.05, 3.63) is 59.9 Å². The average molecular weight is 420 g/mol. The first kappa shape index (κ1) is 20.9. The van der Waals surface area contributed by atoms with E-state index in [0.29, 0.717) is 18.3 Å². The number of aromatic nitrogens is 3. The lowest BCUT2D eigenvalue weighted by atomic mass is 10.2. The SMILES string of the molecule is CCN1C[C@H](CN(C)Cc2nc(N)nc(Nc3ccccc3C)n2)Oc2ccccc21. The van der Waals surface area contributed by atoms with E-state index in [1.807, 2.05) is 56.4 Å². The summed E-state index contributed by atoms with van der Waals surface area (Å²) >= 11 is 0. The third-order valence-corrected chi connectivity index (χ3v) is 5.32. The molecule has 1 atom stereocenters. The Morgan fingerprint density at radius 2 is 1.90 bits per heavy atom. The summed E-state index contributed by atoms with van der Waals surface area (Å²) in [6.45, 7) is 7.28. The van der Waals surface area contributed by atoms with Crippen LogP contribution in [-0.4, -0.2) is 52.6 Å². The molecule has 3 N–H and O–H groups in total. The summed E-state index contributed by atoms with van der Waals surface area (Å²) in [5.74, 6) is 2.21. The fraction of sp³-hybridized carbons (Fsp3) is 0.348. The van der Waals surface area contributed by atoms with Gasteiger partial charge in [0.1, 0.15) is 17.7 Å². The number of anilines is 4. The van der Waals surface area contributed by atoms with Crippen LogP contribution in [0.25, 0.3) is 0 Å². The number of hydrogen-bond donors (Lipinski definition) is 2. The minimum Gasteiger partial charge on any atom is -0.485 e. The van der Waals surface area contributed by atoms with E-state index in [9.17, 15) is 0 Å². The molecule has 0 unspecified atom stereocenters. The minimum atomic E-state index is 0.0589. The van der Waals surface area contributed by atoms with E-state index in [0.717, 1.165) is 42.3 Å². The van der Waals surface area contributed by atoms with Gasteiger partial charge in [-0.2, -0.15) is 15.0 Å². The molecule has 1 aliphatic heterocycles. The van der Waals surface area contributed by atoms with Gasteiger partial charge < -0.3 is 20.7 Å². The first-order valence-electron chi connectivity index (χ1n) is 10.5. The van der Waals surface area contributed by atoms with Gasteiger partial charge >= 0.3 is 0 Å². The summed E-state index contributed by atoms with van der Waals surface area (Å²) in [5, 5.41) is 3.24. The number of benzene rings is 2. The topological polar surface area (TPSA) is 92.4 Å². The lowest BCUT2D eigenvalue weighted by Gasteiger charge is -2.37. The predicted octanol–water partition coefficient (Wildman–Crippen LogP) is 3.23. The van der Waals surface area contributed by atoms with E-state index in [2.05, 4.69) is 43.1 Å². The van der Waals surface area contributed by atoms with Crippen molar-refractivity contribution in [2.45, 2.75) is 26.5 Å². The molecule has 8 heteroatoms. The van der Waals surface area contributed by atoms with E-state index in [1.54, 1.807) is 0 Å². The zero-order valence-corrected chi connectivity index (χ0v) is 18.2. The third-order valence-electron chi connectivity index (χ3n) is 5.32. The predicted molar refractivity (Wildman–Crippen MR) is 124 cm³/mol. The number of fused-ring (bicyclic) bond motifs is 1. The number of rotatable bonds is 7. The third kappa shape index (κ3) is 5.03. The fourth-order valence-electron chi connectivity index (χ4n) is 3.83. The van der Waals surface area contributed by atoms with Gasteiger partial charge in [-0.15, -0.1) is 0 Å². The fourth-order valence-corrected chi connectivity index (χ4v) is 3.83. The second-order valence-corrected chi connectivity index (χ2v) is 7.82. The lowest BCUT2D eigenvalue weighted by Crippen LogP contribution is -2.45. The largest absolute Gasteiger partial charge is 0.485 e. The molecule has 31 heavy (non-hydrogen) atoms. The molecule has 4 rings (SSSR count). The highest BCUT2D eigenvalue weighted by Gasteiger charge is 2.25. The maximum absolute atomic E-state index is 6.24. The van der Waals surface area contributed by atoms with Crippen molar-refractivity contribution in [3.8, 4) is 5.75 Å². The molecule has 0 radical (unpaired) electrons. The Balaban J connectivity index is 1.42. The van der Waals surface area contributed by atoms with Gasteiger partial charge in [-0.25, -0.2) is 0 Å². The number of aryl methyl sites for hydroxylation is 1. The van der Waals surface area contributed by atoms with E-state index in [1.165, 1.54) is 0 Å². The standard InChI is InChI=1S/C23H29N7O/c1-4-30-14-17(31-20-12-8-7-11-19(20)30)13-29(3)15-21-26-22(24)28-23(27-21)25-18-10-6-5-9-16(18)2/h5-12,17H,4,13-15H2,1-3H3,(H3,24,25,26,27,28)/t17-/m0/s1. The zero-order chi connectivity index (χ0) is 21.8. The summed E-state index contributed by atoms with van der Waals surface area (Å²) in [5.41, 5.74) is 9.15. The van der Waals surface area contributed by atoms with Crippen LogP contribution < -0.4 is 20.7 Å². The van der Waals surface area contributed by atoms with E-state index in [-0.39, 0.29) is 12.1 Å². The van der Waals surface area contributed by atoms with Crippen LogP contribution in [0.2, 0.25) is 0 Å². The highest BCUT2D eigenvalue weighted by molar-refractivity contribution is 5.60. The van der Waals surface area contributed by atoms with Crippen LogP contribution in [0, 0.1) is 6.92 Å². The van der Waals surface area contributed by atoms with Gasteiger partial charge in [0.2, 0.25) is 11.9 Å². The first-order valence-corrected chi connectivity index (χ1v) is 10.5. The number of ether oxygens (including phenoxy) is 1. The Bertz CT molecular complexity index is 1040. The number of nitrogens with two attached hydrogens (primary N) is 1. The Kier molecular flexibility index (Phi) is 6.18. The second kappa shape index (κ2) is 9.18. The van der Waals surface area contributed by atoms with E-state index < -0.39 is 0 Å². The smallest absolute Gasteiger partial charge is 0.232 e. The van der Waals surface area contributed by atoms with Crippen LogP contribution in [0.3, 0.4) is 0 Å². The van der Waals surface area contributed by atoms with Crippen molar-refractivity contribution >= 4 is 23.3 Å². The number of likely N-dealkylation sites (N-methyl/N-ethyl adjacent to an activating group) is 2. The van der Waals surface area contributed by atoms with Crippen molar-refractivity contribution < 1.29 is 4.74 Å². The molecule has 162 valence electrons. The summed E-state index contributed by atoms with van der Waals surface area (Å²) in [7, 11) is 2.04. The molecule has 0 spiro atoms. The van der Waals surface area contributed by atoms with Gasteiger partial charge in [-0.05, 0) is 44.7 Å². The van der Waals surface area contributed by atoms with E-state index >= 15 is 0 Å². The highest BCUT2D eigenvalue weighted by atomic mass is 16.5. The van der Waals surface area contributed by atoms with Gasteiger partial charge in [0.15, 0.2) is 0 Å². The van der Waals surface area contributed by atoms with Crippen LogP contribution in [0.4, 0.5) is 23.3 Å². The molecular formula is C23H29N7O. The van der Waals surface area contributed by atoms with Crippen molar-refractivity contribution in [3.63, 3.8) is 0 Å². The van der Waals surface area contributed by atoms with Gasteiger partial charge in [0, 0.05) is 18.8 Å². The monoisotopic (exact) mass is 419 g/mol. The Morgan fingerprint density at radius 1 is 1.13 bits per heavy atom. The maximum Gasteiger partial charge on any atom is 0.232 e. The lowest BCUT2D eigenvalue weighted by molar-refractivity contribution is 0.138. The molecule has 3 aromatic rings.